The van der Waals surface area contributed by atoms with E-state index in [1.165, 1.54) is 5.56 Å². The number of nitrogens with zero attached hydrogens (tertiary/aromatic N) is 1. The zero-order valence-corrected chi connectivity index (χ0v) is 11.9. The predicted octanol–water partition coefficient (Wildman–Crippen LogP) is 1.63. The number of benzene rings is 1. The molecule has 2 atom stereocenters. The average molecular weight is 274 g/mol. The first-order valence-electron chi connectivity index (χ1n) is 7.46. The Kier molecular flexibility index (Phi) is 3.76. The molecule has 4 nitrogen and oxygen atoms in total. The van der Waals surface area contributed by atoms with E-state index >= 15 is 0 Å². The number of piperidine rings is 1. The van der Waals surface area contributed by atoms with Crippen molar-refractivity contribution in [1.82, 2.24) is 5.32 Å². The Bertz CT molecular complexity index is 509. The summed E-state index contributed by atoms with van der Waals surface area (Å²) in [5, 5.41) is 13.9. The van der Waals surface area contributed by atoms with E-state index in [1.54, 1.807) is 6.92 Å². The topological polar surface area (TPSA) is 52.6 Å². The SMILES string of the molecule is CC(=O)N1CCc2cc(C(O)C3CCCNC3)ccc21. The molecule has 2 aliphatic heterocycles. The molecule has 0 aromatic heterocycles. The zero-order valence-electron chi connectivity index (χ0n) is 11.9. The van der Waals surface area contributed by atoms with Crippen molar-refractivity contribution in [3.8, 4) is 0 Å². The summed E-state index contributed by atoms with van der Waals surface area (Å²) in [5.41, 5.74) is 3.18. The lowest BCUT2D eigenvalue weighted by atomic mass is 9.88. The van der Waals surface area contributed by atoms with Gasteiger partial charge in [0, 0.05) is 31.6 Å². The van der Waals surface area contributed by atoms with Crippen LogP contribution in [0.5, 0.6) is 0 Å². The van der Waals surface area contributed by atoms with Crippen LogP contribution in [0.1, 0.15) is 37.0 Å². The van der Waals surface area contributed by atoms with Crippen LogP contribution in [0.3, 0.4) is 0 Å². The van der Waals surface area contributed by atoms with E-state index in [0.717, 1.165) is 50.1 Å². The van der Waals surface area contributed by atoms with Crippen molar-refractivity contribution in [3.63, 3.8) is 0 Å². The Morgan fingerprint density at radius 3 is 3.05 bits per heavy atom. The van der Waals surface area contributed by atoms with Crippen molar-refractivity contribution in [3.05, 3.63) is 29.3 Å². The van der Waals surface area contributed by atoms with Gasteiger partial charge in [-0.2, -0.15) is 0 Å². The van der Waals surface area contributed by atoms with Crippen LogP contribution in [-0.2, 0) is 11.2 Å². The summed E-state index contributed by atoms with van der Waals surface area (Å²) >= 11 is 0. The number of amides is 1. The normalized spacial score (nSPS) is 23.5. The fraction of sp³-hybridized carbons (Fsp3) is 0.562. The molecule has 0 radical (unpaired) electrons. The minimum Gasteiger partial charge on any atom is -0.388 e. The van der Waals surface area contributed by atoms with E-state index in [0.29, 0.717) is 5.92 Å². The molecule has 3 rings (SSSR count). The number of hydrogen-bond acceptors (Lipinski definition) is 3. The standard InChI is InChI=1S/C16H22N2O2/c1-11(19)18-8-6-12-9-13(4-5-15(12)18)16(20)14-3-2-7-17-10-14/h4-5,9,14,16-17,20H,2-3,6-8,10H2,1H3. The van der Waals surface area contributed by atoms with Crippen LogP contribution in [-0.4, -0.2) is 30.6 Å². The van der Waals surface area contributed by atoms with Crippen molar-refractivity contribution in [2.45, 2.75) is 32.3 Å². The van der Waals surface area contributed by atoms with Gasteiger partial charge in [-0.25, -0.2) is 0 Å². The Balaban J connectivity index is 1.80. The molecule has 2 aliphatic rings. The minimum absolute atomic E-state index is 0.0912. The van der Waals surface area contributed by atoms with Gasteiger partial charge in [-0.3, -0.25) is 4.79 Å². The maximum Gasteiger partial charge on any atom is 0.223 e. The molecule has 0 spiro atoms. The van der Waals surface area contributed by atoms with Crippen LogP contribution in [0.15, 0.2) is 18.2 Å². The van der Waals surface area contributed by atoms with Crippen molar-refractivity contribution in [2.24, 2.45) is 5.92 Å². The molecular formula is C16H22N2O2. The lowest BCUT2D eigenvalue weighted by molar-refractivity contribution is -0.116. The van der Waals surface area contributed by atoms with Gasteiger partial charge in [-0.15, -0.1) is 0 Å². The summed E-state index contributed by atoms with van der Waals surface area (Å²) in [6, 6.07) is 6.04. The summed E-state index contributed by atoms with van der Waals surface area (Å²) in [7, 11) is 0. The van der Waals surface area contributed by atoms with Gasteiger partial charge in [0.2, 0.25) is 5.91 Å². The lowest BCUT2D eigenvalue weighted by Crippen LogP contribution is -2.33. The molecule has 2 heterocycles. The van der Waals surface area contributed by atoms with Crippen molar-refractivity contribution < 1.29 is 9.90 Å². The summed E-state index contributed by atoms with van der Waals surface area (Å²) in [6.45, 7) is 4.31. The van der Waals surface area contributed by atoms with E-state index < -0.39 is 6.10 Å². The lowest BCUT2D eigenvalue weighted by Gasteiger charge is -2.28. The quantitative estimate of drug-likeness (QED) is 0.862. The van der Waals surface area contributed by atoms with Crippen LogP contribution < -0.4 is 10.2 Å². The fourth-order valence-electron chi connectivity index (χ4n) is 3.35. The average Bonchev–Trinajstić information content (AvgIpc) is 2.90. The third kappa shape index (κ3) is 2.45. The molecule has 20 heavy (non-hydrogen) atoms. The zero-order chi connectivity index (χ0) is 14.1. The second-order valence-corrected chi connectivity index (χ2v) is 5.86. The number of fused-ring (bicyclic) bond motifs is 1. The Labute approximate surface area is 119 Å². The molecule has 1 amide bonds. The number of anilines is 1. The molecule has 4 heteroatoms. The van der Waals surface area contributed by atoms with Gasteiger partial charge >= 0.3 is 0 Å². The Hall–Kier alpha value is -1.39. The molecule has 108 valence electrons. The third-order valence-corrected chi connectivity index (χ3v) is 4.50. The Morgan fingerprint density at radius 1 is 1.50 bits per heavy atom. The number of carbonyl (C=O) groups is 1. The van der Waals surface area contributed by atoms with Crippen LogP contribution in [0.4, 0.5) is 5.69 Å². The summed E-state index contributed by atoms with van der Waals surface area (Å²) in [6.07, 6.45) is 2.69. The molecule has 2 unspecified atom stereocenters. The van der Waals surface area contributed by atoms with E-state index in [4.69, 9.17) is 0 Å². The first-order valence-corrected chi connectivity index (χ1v) is 7.46. The number of carbonyl (C=O) groups excluding carboxylic acids is 1. The van der Waals surface area contributed by atoms with Gasteiger partial charge < -0.3 is 15.3 Å². The summed E-state index contributed by atoms with van der Waals surface area (Å²) in [5.74, 6) is 0.389. The van der Waals surface area contributed by atoms with Gasteiger partial charge in [0.25, 0.3) is 0 Å². The molecule has 2 N–H and O–H groups in total. The molecule has 1 fully saturated rings. The minimum atomic E-state index is -0.403. The molecule has 0 bridgehead atoms. The molecular weight excluding hydrogens is 252 g/mol. The first-order chi connectivity index (χ1) is 9.66. The highest BCUT2D eigenvalue weighted by Crippen LogP contribution is 2.33. The van der Waals surface area contributed by atoms with E-state index in [-0.39, 0.29) is 5.91 Å². The van der Waals surface area contributed by atoms with Crippen LogP contribution in [0.25, 0.3) is 0 Å². The van der Waals surface area contributed by atoms with Gasteiger partial charge in [0.05, 0.1) is 6.10 Å². The first kappa shape index (κ1) is 13.6. The van der Waals surface area contributed by atoms with Crippen molar-refractivity contribution >= 4 is 11.6 Å². The number of rotatable bonds is 2. The number of aliphatic hydroxyl groups excluding tert-OH is 1. The monoisotopic (exact) mass is 274 g/mol. The molecule has 1 aromatic rings. The van der Waals surface area contributed by atoms with Gasteiger partial charge in [0.1, 0.15) is 0 Å². The highest BCUT2D eigenvalue weighted by molar-refractivity contribution is 5.93. The largest absolute Gasteiger partial charge is 0.388 e. The van der Waals surface area contributed by atoms with Gasteiger partial charge in [-0.05, 0) is 43.0 Å². The molecule has 1 saturated heterocycles. The number of hydrogen-bond donors (Lipinski definition) is 2. The molecule has 0 aliphatic carbocycles. The van der Waals surface area contributed by atoms with E-state index in [9.17, 15) is 9.90 Å². The second-order valence-electron chi connectivity index (χ2n) is 5.86. The highest BCUT2D eigenvalue weighted by Gasteiger charge is 2.26. The third-order valence-electron chi connectivity index (χ3n) is 4.50. The summed E-state index contributed by atoms with van der Waals surface area (Å²) in [4.78, 5) is 13.4. The van der Waals surface area contributed by atoms with E-state index in [1.807, 2.05) is 17.0 Å². The second kappa shape index (κ2) is 5.54. The number of aliphatic hydroxyl groups is 1. The molecule has 0 saturated carbocycles. The van der Waals surface area contributed by atoms with Crippen LogP contribution in [0, 0.1) is 5.92 Å². The van der Waals surface area contributed by atoms with Crippen LogP contribution >= 0.6 is 0 Å². The smallest absolute Gasteiger partial charge is 0.223 e. The van der Waals surface area contributed by atoms with Crippen molar-refractivity contribution in [1.29, 1.82) is 0 Å². The van der Waals surface area contributed by atoms with E-state index in [2.05, 4.69) is 11.4 Å². The van der Waals surface area contributed by atoms with Gasteiger partial charge in [0.15, 0.2) is 0 Å². The predicted molar refractivity (Wildman–Crippen MR) is 78.7 cm³/mol. The summed E-state index contributed by atoms with van der Waals surface area (Å²) < 4.78 is 0. The maximum absolute atomic E-state index is 11.5. The van der Waals surface area contributed by atoms with Crippen LogP contribution in [0.2, 0.25) is 0 Å². The highest BCUT2D eigenvalue weighted by atomic mass is 16.3. The molecule has 1 aromatic carbocycles. The fourth-order valence-corrected chi connectivity index (χ4v) is 3.35. The maximum atomic E-state index is 11.5. The van der Waals surface area contributed by atoms with Gasteiger partial charge in [-0.1, -0.05) is 12.1 Å². The van der Waals surface area contributed by atoms with Crippen molar-refractivity contribution in [2.75, 3.05) is 24.5 Å². The Morgan fingerprint density at radius 2 is 2.35 bits per heavy atom. The number of nitrogens with one attached hydrogen (secondary N) is 1.